The van der Waals surface area contributed by atoms with Crippen LogP contribution in [0.1, 0.15) is 26.3 Å². The first-order valence-electron chi connectivity index (χ1n) is 5.55. The topological polar surface area (TPSA) is 29.9 Å². The summed E-state index contributed by atoms with van der Waals surface area (Å²) in [6.07, 6.45) is -2.40. The van der Waals surface area contributed by atoms with Crippen molar-refractivity contribution in [1.82, 2.24) is 15.1 Å². The van der Waals surface area contributed by atoms with Gasteiger partial charge in [-0.3, -0.25) is 4.68 Å². The molecule has 0 atom stereocenters. The highest BCUT2D eigenvalue weighted by atomic mass is 19.4. The number of hydrogen-bond donors (Lipinski definition) is 1. The molecule has 98 valence electrons. The molecule has 0 aliphatic heterocycles. The van der Waals surface area contributed by atoms with Gasteiger partial charge in [0.1, 0.15) is 0 Å². The molecule has 0 aliphatic rings. The first-order valence-corrected chi connectivity index (χ1v) is 5.55. The molecule has 0 bridgehead atoms. The molecule has 0 aliphatic carbocycles. The Hall–Kier alpha value is -1.04. The Morgan fingerprint density at radius 2 is 2.00 bits per heavy atom. The van der Waals surface area contributed by atoms with E-state index >= 15 is 0 Å². The number of rotatable bonds is 5. The lowest BCUT2D eigenvalue weighted by molar-refractivity contribution is -0.137. The first-order chi connectivity index (χ1) is 7.74. The van der Waals surface area contributed by atoms with Crippen LogP contribution in [0.2, 0.25) is 0 Å². The van der Waals surface area contributed by atoms with E-state index in [2.05, 4.69) is 10.4 Å². The Bertz CT molecular complexity index is 355. The predicted molar refractivity (Wildman–Crippen MR) is 59.6 cm³/mol. The zero-order valence-electron chi connectivity index (χ0n) is 10.3. The minimum Gasteiger partial charge on any atom is -0.316 e. The average Bonchev–Trinajstić information content (AvgIpc) is 2.62. The van der Waals surface area contributed by atoms with Crippen LogP contribution in [0.15, 0.2) is 12.4 Å². The van der Waals surface area contributed by atoms with E-state index in [9.17, 15) is 13.2 Å². The minimum absolute atomic E-state index is 0.134. The summed E-state index contributed by atoms with van der Waals surface area (Å²) in [6, 6.07) is 0. The standard InChI is InChI=1S/C11H18F3N3/c1-4-15-7-10(2,3)8-17-6-9(5-16-17)11(12,13)14/h5-6,15H,4,7-8H2,1-3H3. The summed E-state index contributed by atoms with van der Waals surface area (Å²) in [7, 11) is 0. The van der Waals surface area contributed by atoms with Crippen LogP contribution in [0.25, 0.3) is 0 Å². The number of aromatic nitrogens is 2. The molecule has 0 amide bonds. The van der Waals surface area contributed by atoms with Crippen molar-refractivity contribution >= 4 is 0 Å². The Morgan fingerprint density at radius 1 is 1.35 bits per heavy atom. The van der Waals surface area contributed by atoms with E-state index in [0.29, 0.717) is 6.54 Å². The molecule has 17 heavy (non-hydrogen) atoms. The number of nitrogens with one attached hydrogen (secondary N) is 1. The SMILES string of the molecule is CCNCC(C)(C)Cn1cc(C(F)(F)F)cn1. The van der Waals surface area contributed by atoms with Gasteiger partial charge in [0.05, 0.1) is 11.8 Å². The van der Waals surface area contributed by atoms with E-state index in [1.807, 2.05) is 20.8 Å². The van der Waals surface area contributed by atoms with Gasteiger partial charge >= 0.3 is 6.18 Å². The third kappa shape index (κ3) is 4.38. The lowest BCUT2D eigenvalue weighted by Crippen LogP contribution is -2.33. The molecule has 0 saturated carbocycles. The van der Waals surface area contributed by atoms with Crippen molar-refractivity contribution in [2.45, 2.75) is 33.5 Å². The van der Waals surface area contributed by atoms with Gasteiger partial charge in [0, 0.05) is 19.3 Å². The highest BCUT2D eigenvalue weighted by molar-refractivity contribution is 5.08. The average molecular weight is 249 g/mol. The van der Waals surface area contributed by atoms with Gasteiger partial charge in [-0.2, -0.15) is 18.3 Å². The van der Waals surface area contributed by atoms with Gasteiger partial charge in [-0.25, -0.2) is 0 Å². The summed E-state index contributed by atoms with van der Waals surface area (Å²) in [5.41, 5.74) is -0.831. The van der Waals surface area contributed by atoms with E-state index in [0.717, 1.165) is 25.5 Å². The van der Waals surface area contributed by atoms with E-state index < -0.39 is 11.7 Å². The van der Waals surface area contributed by atoms with Crippen molar-refractivity contribution in [1.29, 1.82) is 0 Å². The molecule has 1 rings (SSSR count). The second kappa shape index (κ2) is 5.08. The van der Waals surface area contributed by atoms with Crippen LogP contribution in [0.3, 0.4) is 0 Å². The molecule has 1 heterocycles. The normalized spacial score (nSPS) is 13.1. The van der Waals surface area contributed by atoms with Gasteiger partial charge in [-0.05, 0) is 12.0 Å². The molecule has 1 N–H and O–H groups in total. The zero-order chi connectivity index (χ0) is 13.1. The van der Waals surface area contributed by atoms with E-state index in [1.54, 1.807) is 0 Å². The molecular formula is C11H18F3N3. The predicted octanol–water partition coefficient (Wildman–Crippen LogP) is 2.54. The number of alkyl halides is 3. The summed E-state index contributed by atoms with van der Waals surface area (Å²) < 4.78 is 38.5. The van der Waals surface area contributed by atoms with Crippen molar-refractivity contribution < 1.29 is 13.2 Å². The third-order valence-corrected chi connectivity index (χ3v) is 2.40. The van der Waals surface area contributed by atoms with Gasteiger partial charge in [0.25, 0.3) is 0 Å². The highest BCUT2D eigenvalue weighted by Crippen LogP contribution is 2.29. The van der Waals surface area contributed by atoms with Crippen molar-refractivity contribution in [2.24, 2.45) is 5.41 Å². The summed E-state index contributed by atoms with van der Waals surface area (Å²) in [5.74, 6) is 0. The molecule has 3 nitrogen and oxygen atoms in total. The van der Waals surface area contributed by atoms with E-state index in [4.69, 9.17) is 0 Å². The van der Waals surface area contributed by atoms with Gasteiger partial charge in [0.2, 0.25) is 0 Å². The smallest absolute Gasteiger partial charge is 0.316 e. The second-order valence-electron chi connectivity index (χ2n) is 4.87. The van der Waals surface area contributed by atoms with Crippen LogP contribution in [-0.2, 0) is 12.7 Å². The lowest BCUT2D eigenvalue weighted by atomic mass is 9.93. The first kappa shape index (κ1) is 14.0. The summed E-state index contributed by atoms with van der Waals surface area (Å²) in [4.78, 5) is 0. The maximum absolute atomic E-state index is 12.4. The van der Waals surface area contributed by atoms with Gasteiger partial charge in [0.15, 0.2) is 0 Å². The van der Waals surface area contributed by atoms with Crippen LogP contribution in [0, 0.1) is 5.41 Å². The third-order valence-electron chi connectivity index (χ3n) is 2.40. The quantitative estimate of drug-likeness (QED) is 0.869. The van der Waals surface area contributed by atoms with Crippen LogP contribution in [-0.4, -0.2) is 22.9 Å². The highest BCUT2D eigenvalue weighted by Gasteiger charge is 2.32. The molecule has 0 unspecified atom stereocenters. The molecule has 0 spiro atoms. The lowest BCUT2D eigenvalue weighted by Gasteiger charge is -2.24. The van der Waals surface area contributed by atoms with Crippen molar-refractivity contribution in [3.63, 3.8) is 0 Å². The van der Waals surface area contributed by atoms with Gasteiger partial charge in [-0.1, -0.05) is 20.8 Å². The summed E-state index contributed by atoms with van der Waals surface area (Å²) in [5, 5.41) is 6.93. The fourth-order valence-electron chi connectivity index (χ4n) is 1.55. The number of hydrogen-bond acceptors (Lipinski definition) is 2. The molecule has 0 radical (unpaired) electrons. The van der Waals surface area contributed by atoms with Gasteiger partial charge < -0.3 is 5.32 Å². The monoisotopic (exact) mass is 249 g/mol. The summed E-state index contributed by atoms with van der Waals surface area (Å²) in [6.45, 7) is 8.01. The molecule has 6 heteroatoms. The maximum Gasteiger partial charge on any atom is 0.419 e. The van der Waals surface area contributed by atoms with Gasteiger partial charge in [-0.15, -0.1) is 0 Å². The van der Waals surface area contributed by atoms with Crippen LogP contribution in [0.5, 0.6) is 0 Å². The van der Waals surface area contributed by atoms with Crippen LogP contribution < -0.4 is 5.32 Å². The molecule has 0 aromatic carbocycles. The zero-order valence-corrected chi connectivity index (χ0v) is 10.3. The largest absolute Gasteiger partial charge is 0.419 e. The number of halogens is 3. The van der Waals surface area contributed by atoms with E-state index in [-0.39, 0.29) is 5.41 Å². The fraction of sp³-hybridized carbons (Fsp3) is 0.727. The summed E-state index contributed by atoms with van der Waals surface area (Å²) >= 11 is 0. The van der Waals surface area contributed by atoms with Crippen molar-refractivity contribution in [3.8, 4) is 0 Å². The second-order valence-corrected chi connectivity index (χ2v) is 4.87. The molecule has 1 aromatic heterocycles. The fourth-order valence-corrected chi connectivity index (χ4v) is 1.55. The van der Waals surface area contributed by atoms with Crippen molar-refractivity contribution in [2.75, 3.05) is 13.1 Å². The Kier molecular flexibility index (Phi) is 4.19. The van der Waals surface area contributed by atoms with Crippen LogP contribution in [0.4, 0.5) is 13.2 Å². The van der Waals surface area contributed by atoms with Crippen molar-refractivity contribution in [3.05, 3.63) is 18.0 Å². The Balaban J connectivity index is 2.66. The molecular weight excluding hydrogens is 231 g/mol. The van der Waals surface area contributed by atoms with Crippen LogP contribution >= 0.6 is 0 Å². The minimum atomic E-state index is -4.32. The maximum atomic E-state index is 12.4. The molecule has 0 saturated heterocycles. The number of nitrogens with zero attached hydrogens (tertiary/aromatic N) is 2. The molecule has 0 fully saturated rings. The molecule has 1 aromatic rings. The Labute approximate surface area is 99.0 Å². The Morgan fingerprint density at radius 3 is 2.47 bits per heavy atom. The van der Waals surface area contributed by atoms with E-state index in [1.165, 1.54) is 4.68 Å².